The van der Waals surface area contributed by atoms with Gasteiger partial charge in [-0.2, -0.15) is 13.2 Å². The lowest BCUT2D eigenvalue weighted by atomic mass is 9.78. The standard InChI is InChI=1S/C12H20F3N/c13-12(14,15)10-6-7-16-11(8-10)9-4-2-1-3-5-9/h9-11,16H,1-8H2. The molecule has 2 fully saturated rings. The molecule has 0 aromatic heterocycles. The maximum Gasteiger partial charge on any atom is 0.391 e. The lowest BCUT2D eigenvalue weighted by molar-refractivity contribution is -0.184. The molecule has 1 saturated carbocycles. The van der Waals surface area contributed by atoms with Crippen LogP contribution in [0.1, 0.15) is 44.9 Å². The van der Waals surface area contributed by atoms with Crippen molar-refractivity contribution in [3.63, 3.8) is 0 Å². The molecule has 0 aromatic carbocycles. The molecule has 0 bridgehead atoms. The van der Waals surface area contributed by atoms with E-state index in [4.69, 9.17) is 0 Å². The lowest BCUT2D eigenvalue weighted by Crippen LogP contribution is -2.46. The quantitative estimate of drug-likeness (QED) is 0.733. The van der Waals surface area contributed by atoms with Gasteiger partial charge in [-0.1, -0.05) is 19.3 Å². The van der Waals surface area contributed by atoms with Crippen LogP contribution in [-0.4, -0.2) is 18.8 Å². The summed E-state index contributed by atoms with van der Waals surface area (Å²) in [7, 11) is 0. The Bertz CT molecular complexity index is 221. The zero-order valence-electron chi connectivity index (χ0n) is 9.52. The smallest absolute Gasteiger partial charge is 0.314 e. The summed E-state index contributed by atoms with van der Waals surface area (Å²) >= 11 is 0. The van der Waals surface area contributed by atoms with Crippen molar-refractivity contribution in [2.24, 2.45) is 11.8 Å². The van der Waals surface area contributed by atoms with Crippen LogP contribution in [0.4, 0.5) is 13.2 Å². The van der Waals surface area contributed by atoms with Crippen LogP contribution in [0, 0.1) is 11.8 Å². The Hall–Kier alpha value is -0.250. The summed E-state index contributed by atoms with van der Waals surface area (Å²) in [5.74, 6) is -0.584. The molecule has 1 heterocycles. The molecule has 1 aliphatic carbocycles. The Labute approximate surface area is 94.8 Å². The van der Waals surface area contributed by atoms with E-state index in [-0.39, 0.29) is 12.5 Å². The Morgan fingerprint density at radius 3 is 2.25 bits per heavy atom. The van der Waals surface area contributed by atoms with Crippen molar-refractivity contribution in [3.05, 3.63) is 0 Å². The van der Waals surface area contributed by atoms with E-state index in [9.17, 15) is 13.2 Å². The number of hydrogen-bond donors (Lipinski definition) is 1. The Kier molecular flexibility index (Phi) is 3.77. The first-order valence-corrected chi connectivity index (χ1v) is 6.37. The second-order valence-corrected chi connectivity index (χ2v) is 5.22. The van der Waals surface area contributed by atoms with Gasteiger partial charge in [-0.25, -0.2) is 0 Å². The van der Waals surface area contributed by atoms with Gasteiger partial charge in [0, 0.05) is 6.04 Å². The largest absolute Gasteiger partial charge is 0.391 e. The third-order valence-corrected chi connectivity index (χ3v) is 4.12. The van der Waals surface area contributed by atoms with Crippen LogP contribution in [-0.2, 0) is 0 Å². The second kappa shape index (κ2) is 4.94. The van der Waals surface area contributed by atoms with Gasteiger partial charge in [0.2, 0.25) is 0 Å². The minimum absolute atomic E-state index is 0.112. The molecule has 1 saturated heterocycles. The highest BCUT2D eigenvalue weighted by Gasteiger charge is 2.43. The molecule has 2 aliphatic rings. The third-order valence-electron chi connectivity index (χ3n) is 4.12. The van der Waals surface area contributed by atoms with Gasteiger partial charge < -0.3 is 5.32 Å². The van der Waals surface area contributed by atoms with Crippen molar-refractivity contribution < 1.29 is 13.2 Å². The van der Waals surface area contributed by atoms with Gasteiger partial charge in [0.1, 0.15) is 0 Å². The SMILES string of the molecule is FC(F)(F)C1CCNC(C2CCCCC2)C1. The minimum atomic E-state index is -3.99. The summed E-state index contributed by atoms with van der Waals surface area (Å²) < 4.78 is 38.0. The fourth-order valence-corrected chi connectivity index (χ4v) is 3.14. The van der Waals surface area contributed by atoms with Crippen LogP contribution < -0.4 is 5.32 Å². The molecule has 16 heavy (non-hydrogen) atoms. The molecule has 0 spiro atoms. The summed E-state index contributed by atoms with van der Waals surface area (Å²) in [5.41, 5.74) is 0. The van der Waals surface area contributed by atoms with Crippen LogP contribution in [0.25, 0.3) is 0 Å². The molecule has 1 nitrogen and oxygen atoms in total. The van der Waals surface area contributed by atoms with E-state index in [0.29, 0.717) is 18.9 Å². The number of alkyl halides is 3. The summed E-state index contributed by atoms with van der Waals surface area (Å²) in [5, 5.41) is 3.29. The van der Waals surface area contributed by atoms with Crippen molar-refractivity contribution in [1.29, 1.82) is 0 Å². The fraction of sp³-hybridized carbons (Fsp3) is 1.00. The maximum absolute atomic E-state index is 12.7. The van der Waals surface area contributed by atoms with Crippen molar-refractivity contribution in [3.8, 4) is 0 Å². The van der Waals surface area contributed by atoms with Crippen LogP contribution in [0.2, 0.25) is 0 Å². The van der Waals surface area contributed by atoms with E-state index in [1.807, 2.05) is 0 Å². The van der Waals surface area contributed by atoms with Gasteiger partial charge in [-0.15, -0.1) is 0 Å². The highest BCUT2D eigenvalue weighted by Crippen LogP contribution is 2.38. The van der Waals surface area contributed by atoms with Gasteiger partial charge in [0.05, 0.1) is 5.92 Å². The van der Waals surface area contributed by atoms with Gasteiger partial charge in [-0.05, 0) is 38.1 Å². The minimum Gasteiger partial charge on any atom is -0.314 e. The molecule has 94 valence electrons. The van der Waals surface area contributed by atoms with E-state index < -0.39 is 12.1 Å². The number of rotatable bonds is 1. The highest BCUT2D eigenvalue weighted by molar-refractivity contribution is 4.87. The average Bonchev–Trinajstić information content (AvgIpc) is 2.29. The van der Waals surface area contributed by atoms with E-state index >= 15 is 0 Å². The summed E-state index contributed by atoms with van der Waals surface area (Å²) in [6.45, 7) is 0.533. The molecule has 2 atom stereocenters. The number of halogens is 3. The van der Waals surface area contributed by atoms with E-state index in [1.165, 1.54) is 19.3 Å². The lowest BCUT2D eigenvalue weighted by Gasteiger charge is -2.37. The molecule has 4 heteroatoms. The fourth-order valence-electron chi connectivity index (χ4n) is 3.14. The molecule has 0 amide bonds. The van der Waals surface area contributed by atoms with Gasteiger partial charge in [-0.3, -0.25) is 0 Å². The average molecular weight is 235 g/mol. The van der Waals surface area contributed by atoms with Crippen LogP contribution in [0.3, 0.4) is 0 Å². The van der Waals surface area contributed by atoms with Crippen LogP contribution in [0.5, 0.6) is 0 Å². The van der Waals surface area contributed by atoms with Crippen molar-refractivity contribution >= 4 is 0 Å². The molecule has 0 radical (unpaired) electrons. The first-order valence-electron chi connectivity index (χ1n) is 6.37. The van der Waals surface area contributed by atoms with Crippen molar-refractivity contribution in [2.45, 2.75) is 57.2 Å². The predicted octanol–water partition coefficient (Wildman–Crippen LogP) is 3.50. The Morgan fingerprint density at radius 2 is 1.62 bits per heavy atom. The molecular weight excluding hydrogens is 215 g/mol. The highest BCUT2D eigenvalue weighted by atomic mass is 19.4. The topological polar surface area (TPSA) is 12.0 Å². The Morgan fingerprint density at radius 1 is 0.938 bits per heavy atom. The third kappa shape index (κ3) is 2.90. The maximum atomic E-state index is 12.7. The van der Waals surface area contributed by atoms with E-state index in [1.54, 1.807) is 0 Å². The normalized spacial score (nSPS) is 33.9. The molecule has 0 aromatic rings. The molecule has 2 rings (SSSR count). The summed E-state index contributed by atoms with van der Waals surface area (Å²) in [4.78, 5) is 0. The predicted molar refractivity (Wildman–Crippen MR) is 57.1 cm³/mol. The van der Waals surface area contributed by atoms with E-state index in [0.717, 1.165) is 12.8 Å². The monoisotopic (exact) mass is 235 g/mol. The molecule has 1 N–H and O–H groups in total. The zero-order valence-corrected chi connectivity index (χ0v) is 9.52. The van der Waals surface area contributed by atoms with E-state index in [2.05, 4.69) is 5.32 Å². The first-order chi connectivity index (χ1) is 7.57. The first kappa shape index (κ1) is 12.2. The molecule has 2 unspecified atom stereocenters. The van der Waals surface area contributed by atoms with Crippen LogP contribution in [0.15, 0.2) is 0 Å². The summed E-state index contributed by atoms with van der Waals surface area (Å²) in [6.07, 6.45) is 2.44. The zero-order chi connectivity index (χ0) is 11.6. The van der Waals surface area contributed by atoms with Gasteiger partial charge in [0.25, 0.3) is 0 Å². The Balaban J connectivity index is 1.90. The number of piperidine rings is 1. The number of hydrogen-bond acceptors (Lipinski definition) is 1. The van der Waals surface area contributed by atoms with Crippen molar-refractivity contribution in [2.75, 3.05) is 6.54 Å². The van der Waals surface area contributed by atoms with Gasteiger partial charge in [0.15, 0.2) is 0 Å². The second-order valence-electron chi connectivity index (χ2n) is 5.22. The van der Waals surface area contributed by atoms with Crippen LogP contribution >= 0.6 is 0 Å². The summed E-state index contributed by atoms with van der Waals surface area (Å²) in [6, 6.07) is 0.112. The van der Waals surface area contributed by atoms with Gasteiger partial charge >= 0.3 is 6.18 Å². The van der Waals surface area contributed by atoms with Crippen molar-refractivity contribution in [1.82, 2.24) is 5.32 Å². The number of nitrogens with one attached hydrogen (secondary N) is 1. The molecular formula is C12H20F3N. The molecule has 1 aliphatic heterocycles.